The number of thioether (sulfide) groups is 1. The number of thiophene rings is 1. The maximum atomic E-state index is 11.9. The summed E-state index contributed by atoms with van der Waals surface area (Å²) in [4.78, 5) is 14.2. The number of hydrogen-bond acceptors (Lipinski definition) is 3. The molecule has 0 unspecified atom stereocenters. The van der Waals surface area contributed by atoms with Crippen molar-refractivity contribution < 1.29 is 4.79 Å². The Hall–Kier alpha value is -1.26. The zero-order valence-corrected chi connectivity index (χ0v) is 12.7. The predicted molar refractivity (Wildman–Crippen MR) is 82.8 cm³/mol. The van der Waals surface area contributed by atoms with E-state index in [0.29, 0.717) is 6.42 Å². The van der Waals surface area contributed by atoms with Gasteiger partial charge in [0, 0.05) is 9.77 Å². The lowest BCUT2D eigenvalue weighted by Gasteiger charge is -2.14. The highest BCUT2D eigenvalue weighted by atomic mass is 32.2. The number of hydrogen-bond donors (Lipinski definition) is 1. The molecule has 0 radical (unpaired) electrons. The zero-order chi connectivity index (χ0) is 13.7. The minimum absolute atomic E-state index is 0.0448. The fourth-order valence-corrected chi connectivity index (χ4v) is 2.95. The van der Waals surface area contributed by atoms with Crippen LogP contribution >= 0.6 is 23.1 Å². The van der Waals surface area contributed by atoms with Gasteiger partial charge in [0.05, 0.1) is 12.5 Å². The topological polar surface area (TPSA) is 29.1 Å². The molecule has 0 spiro atoms. The Balaban J connectivity index is 1.92. The summed E-state index contributed by atoms with van der Waals surface area (Å²) in [6.45, 7) is 2.01. The van der Waals surface area contributed by atoms with Crippen LogP contribution in [0.3, 0.4) is 0 Å². The van der Waals surface area contributed by atoms with Crippen molar-refractivity contribution in [2.75, 3.05) is 6.26 Å². The maximum absolute atomic E-state index is 11.9. The third kappa shape index (κ3) is 4.11. The van der Waals surface area contributed by atoms with Gasteiger partial charge in [0.2, 0.25) is 5.91 Å². The number of rotatable bonds is 5. The van der Waals surface area contributed by atoms with E-state index in [4.69, 9.17) is 0 Å². The van der Waals surface area contributed by atoms with Gasteiger partial charge in [-0.05, 0) is 42.3 Å². The second-order valence-corrected chi connectivity index (χ2v) is 6.23. The molecule has 0 fully saturated rings. The Morgan fingerprint density at radius 2 is 2.05 bits per heavy atom. The van der Waals surface area contributed by atoms with E-state index in [9.17, 15) is 4.79 Å². The predicted octanol–water partition coefficient (Wildman–Crippen LogP) is 3.89. The molecule has 1 amide bonds. The van der Waals surface area contributed by atoms with Crippen LogP contribution in [0.25, 0.3) is 0 Å². The number of nitrogens with one attached hydrogen (secondary N) is 1. The van der Waals surface area contributed by atoms with Crippen molar-refractivity contribution in [1.29, 1.82) is 0 Å². The summed E-state index contributed by atoms with van der Waals surface area (Å²) >= 11 is 3.34. The first kappa shape index (κ1) is 14.2. The van der Waals surface area contributed by atoms with Gasteiger partial charge in [-0.1, -0.05) is 18.2 Å². The molecule has 19 heavy (non-hydrogen) atoms. The van der Waals surface area contributed by atoms with Crippen molar-refractivity contribution in [3.05, 3.63) is 52.2 Å². The zero-order valence-electron chi connectivity index (χ0n) is 11.1. The van der Waals surface area contributed by atoms with Crippen LogP contribution in [0.5, 0.6) is 0 Å². The van der Waals surface area contributed by atoms with Gasteiger partial charge in [-0.3, -0.25) is 4.79 Å². The van der Waals surface area contributed by atoms with Gasteiger partial charge < -0.3 is 5.32 Å². The number of carbonyl (C=O) groups excluding carboxylic acids is 1. The standard InChI is InChI=1S/C15H17NOS2/c1-11(12-5-7-13(18-2)8-6-12)16-15(17)10-14-4-3-9-19-14/h3-9,11H,10H2,1-2H3,(H,16,17)/t11-/m0/s1. The molecule has 0 aliphatic carbocycles. The highest BCUT2D eigenvalue weighted by molar-refractivity contribution is 7.98. The van der Waals surface area contributed by atoms with E-state index in [1.807, 2.05) is 24.4 Å². The Labute approximate surface area is 122 Å². The first-order valence-corrected chi connectivity index (χ1v) is 8.25. The first-order valence-electron chi connectivity index (χ1n) is 6.14. The van der Waals surface area contributed by atoms with E-state index in [1.165, 1.54) is 4.90 Å². The minimum atomic E-state index is 0.0448. The van der Waals surface area contributed by atoms with Crippen molar-refractivity contribution in [1.82, 2.24) is 5.32 Å². The molecular formula is C15H17NOS2. The molecule has 1 aromatic heterocycles. The molecule has 1 N–H and O–H groups in total. The van der Waals surface area contributed by atoms with Crippen molar-refractivity contribution in [3.8, 4) is 0 Å². The molecule has 0 saturated carbocycles. The van der Waals surface area contributed by atoms with Crippen LogP contribution in [0.4, 0.5) is 0 Å². The van der Waals surface area contributed by atoms with E-state index in [2.05, 4.69) is 35.8 Å². The maximum Gasteiger partial charge on any atom is 0.225 e. The lowest BCUT2D eigenvalue weighted by atomic mass is 10.1. The molecular weight excluding hydrogens is 274 g/mol. The lowest BCUT2D eigenvalue weighted by molar-refractivity contribution is -0.121. The molecule has 1 aromatic carbocycles. The highest BCUT2D eigenvalue weighted by Gasteiger charge is 2.10. The van der Waals surface area contributed by atoms with Gasteiger partial charge in [-0.25, -0.2) is 0 Å². The van der Waals surface area contributed by atoms with Crippen molar-refractivity contribution in [3.63, 3.8) is 0 Å². The molecule has 2 nitrogen and oxygen atoms in total. The van der Waals surface area contributed by atoms with Crippen molar-refractivity contribution >= 4 is 29.0 Å². The lowest BCUT2D eigenvalue weighted by Crippen LogP contribution is -2.27. The SMILES string of the molecule is CSc1ccc([C@H](C)NC(=O)Cc2cccs2)cc1. The summed E-state index contributed by atoms with van der Waals surface area (Å²) in [5.41, 5.74) is 1.14. The van der Waals surface area contributed by atoms with Crippen molar-refractivity contribution in [2.24, 2.45) is 0 Å². The molecule has 4 heteroatoms. The molecule has 1 atom stereocenters. The van der Waals surface area contributed by atoms with Crippen LogP contribution in [0.15, 0.2) is 46.7 Å². The van der Waals surface area contributed by atoms with Crippen LogP contribution in [-0.4, -0.2) is 12.2 Å². The largest absolute Gasteiger partial charge is 0.349 e. The highest BCUT2D eigenvalue weighted by Crippen LogP contribution is 2.19. The summed E-state index contributed by atoms with van der Waals surface area (Å²) in [5.74, 6) is 0.0730. The number of benzene rings is 1. The van der Waals surface area contributed by atoms with Crippen LogP contribution in [0, 0.1) is 0 Å². The van der Waals surface area contributed by atoms with Gasteiger partial charge in [-0.15, -0.1) is 23.1 Å². The minimum Gasteiger partial charge on any atom is -0.349 e. The second kappa shape index (κ2) is 6.78. The van der Waals surface area contributed by atoms with E-state index < -0.39 is 0 Å². The third-order valence-electron chi connectivity index (χ3n) is 2.91. The smallest absolute Gasteiger partial charge is 0.225 e. The Bertz CT molecular complexity index is 520. The van der Waals surface area contributed by atoms with E-state index in [1.54, 1.807) is 23.1 Å². The van der Waals surface area contributed by atoms with Crippen LogP contribution in [-0.2, 0) is 11.2 Å². The van der Waals surface area contributed by atoms with E-state index in [-0.39, 0.29) is 11.9 Å². The molecule has 0 aliphatic rings. The molecule has 0 bridgehead atoms. The van der Waals surface area contributed by atoms with Crippen molar-refractivity contribution in [2.45, 2.75) is 24.3 Å². The quantitative estimate of drug-likeness (QED) is 0.847. The van der Waals surface area contributed by atoms with Gasteiger partial charge in [-0.2, -0.15) is 0 Å². The molecule has 1 heterocycles. The molecule has 0 aliphatic heterocycles. The van der Waals surface area contributed by atoms with Gasteiger partial charge in [0.15, 0.2) is 0 Å². The fraction of sp³-hybridized carbons (Fsp3) is 0.267. The molecule has 0 saturated heterocycles. The Morgan fingerprint density at radius 3 is 2.63 bits per heavy atom. The van der Waals surface area contributed by atoms with Gasteiger partial charge in [0.1, 0.15) is 0 Å². The van der Waals surface area contributed by atoms with Crippen LogP contribution < -0.4 is 5.32 Å². The van der Waals surface area contributed by atoms with Gasteiger partial charge >= 0.3 is 0 Å². The summed E-state index contributed by atoms with van der Waals surface area (Å²) in [6.07, 6.45) is 2.52. The van der Waals surface area contributed by atoms with E-state index in [0.717, 1.165) is 10.4 Å². The summed E-state index contributed by atoms with van der Waals surface area (Å²) < 4.78 is 0. The van der Waals surface area contributed by atoms with Crippen LogP contribution in [0.2, 0.25) is 0 Å². The summed E-state index contributed by atoms with van der Waals surface area (Å²) in [7, 11) is 0. The third-order valence-corrected chi connectivity index (χ3v) is 4.53. The van der Waals surface area contributed by atoms with E-state index >= 15 is 0 Å². The average Bonchev–Trinajstić information content (AvgIpc) is 2.91. The average molecular weight is 291 g/mol. The Kier molecular flexibility index (Phi) is 5.05. The molecule has 100 valence electrons. The number of carbonyl (C=O) groups is 1. The number of amides is 1. The van der Waals surface area contributed by atoms with Crippen LogP contribution in [0.1, 0.15) is 23.4 Å². The monoisotopic (exact) mass is 291 g/mol. The first-order chi connectivity index (χ1) is 9.19. The van der Waals surface area contributed by atoms with Gasteiger partial charge in [0.25, 0.3) is 0 Å². The summed E-state index contributed by atoms with van der Waals surface area (Å²) in [6, 6.07) is 12.3. The summed E-state index contributed by atoms with van der Waals surface area (Å²) in [5, 5.41) is 5.03. The fourth-order valence-electron chi connectivity index (χ4n) is 1.84. The molecule has 2 rings (SSSR count). The Morgan fingerprint density at radius 1 is 1.32 bits per heavy atom. The molecule has 2 aromatic rings. The second-order valence-electron chi connectivity index (χ2n) is 4.32. The normalized spacial score (nSPS) is 12.1.